The molecule has 2 heterocycles. The summed E-state index contributed by atoms with van der Waals surface area (Å²) in [5.74, 6) is 1.48. The number of amides is 2. The summed E-state index contributed by atoms with van der Waals surface area (Å²) >= 11 is 1.50. The third-order valence-electron chi connectivity index (χ3n) is 4.38. The molecule has 0 saturated carbocycles. The maximum Gasteiger partial charge on any atom is 0.240 e. The highest BCUT2D eigenvalue weighted by Crippen LogP contribution is 2.35. The van der Waals surface area contributed by atoms with Crippen LogP contribution in [0.25, 0.3) is 0 Å². The highest BCUT2D eigenvalue weighted by Gasteiger charge is 2.26. The van der Waals surface area contributed by atoms with Gasteiger partial charge < -0.3 is 19.7 Å². The number of hydrogen-bond donors (Lipinski definition) is 1. The number of nitrogens with zero attached hydrogens (tertiary/aromatic N) is 1. The maximum absolute atomic E-state index is 12.5. The number of carbonyl (C=O) groups is 2. The second-order valence-electron chi connectivity index (χ2n) is 6.14. The van der Waals surface area contributed by atoms with Gasteiger partial charge in [0.05, 0.1) is 17.5 Å². The summed E-state index contributed by atoms with van der Waals surface area (Å²) in [7, 11) is 0. The Morgan fingerprint density at radius 1 is 1.23 bits per heavy atom. The third-order valence-corrected chi connectivity index (χ3v) is 5.43. The molecule has 0 aliphatic carbocycles. The van der Waals surface area contributed by atoms with Gasteiger partial charge in [-0.05, 0) is 36.8 Å². The number of rotatable bonds is 4. The van der Waals surface area contributed by atoms with Gasteiger partial charge in [-0.1, -0.05) is 18.2 Å². The molecular weight excluding hydrogens is 352 g/mol. The Morgan fingerprint density at radius 2 is 2.04 bits per heavy atom. The van der Waals surface area contributed by atoms with Crippen LogP contribution in [0.5, 0.6) is 11.5 Å². The molecule has 134 valence electrons. The lowest BCUT2D eigenvalue weighted by molar-refractivity contribution is -0.123. The van der Waals surface area contributed by atoms with Crippen molar-refractivity contribution in [2.75, 3.05) is 24.0 Å². The van der Waals surface area contributed by atoms with Crippen molar-refractivity contribution in [2.45, 2.75) is 17.9 Å². The SMILES string of the molecule is CC(NC(=O)CN1C(=O)CSc2ccccc21)c1ccc2c(c1)OCO2. The van der Waals surface area contributed by atoms with E-state index < -0.39 is 0 Å². The minimum Gasteiger partial charge on any atom is -0.454 e. The van der Waals surface area contributed by atoms with Crippen molar-refractivity contribution >= 4 is 29.3 Å². The summed E-state index contributed by atoms with van der Waals surface area (Å²) in [4.78, 5) is 27.4. The predicted molar refractivity (Wildman–Crippen MR) is 98.6 cm³/mol. The quantitative estimate of drug-likeness (QED) is 0.896. The number of thioether (sulfide) groups is 1. The fourth-order valence-electron chi connectivity index (χ4n) is 3.02. The minimum absolute atomic E-state index is 0.00526. The molecule has 0 radical (unpaired) electrons. The van der Waals surface area contributed by atoms with Gasteiger partial charge in [-0.3, -0.25) is 9.59 Å². The lowest BCUT2D eigenvalue weighted by atomic mass is 10.1. The van der Waals surface area contributed by atoms with Crippen molar-refractivity contribution in [2.24, 2.45) is 0 Å². The Kier molecular flexibility index (Phi) is 4.46. The van der Waals surface area contributed by atoms with Crippen LogP contribution in [0.2, 0.25) is 0 Å². The lowest BCUT2D eigenvalue weighted by Gasteiger charge is -2.28. The molecule has 2 aliphatic heterocycles. The molecule has 6 nitrogen and oxygen atoms in total. The number of hydrogen-bond acceptors (Lipinski definition) is 5. The summed E-state index contributed by atoms with van der Waals surface area (Å²) in [6.45, 7) is 2.12. The summed E-state index contributed by atoms with van der Waals surface area (Å²) in [6.07, 6.45) is 0. The zero-order valence-corrected chi connectivity index (χ0v) is 15.0. The molecule has 0 bridgehead atoms. The lowest BCUT2D eigenvalue weighted by Crippen LogP contribution is -2.43. The van der Waals surface area contributed by atoms with Gasteiger partial charge >= 0.3 is 0 Å². The van der Waals surface area contributed by atoms with Gasteiger partial charge in [0, 0.05) is 4.90 Å². The fourth-order valence-corrected chi connectivity index (χ4v) is 3.96. The van der Waals surface area contributed by atoms with Crippen LogP contribution in [0, 0.1) is 0 Å². The standard InChI is InChI=1S/C19H18N2O4S/c1-12(13-6-7-15-16(8-13)25-11-24-15)20-18(22)9-21-14-4-2-3-5-17(14)26-10-19(21)23/h2-8,12H,9-11H2,1H3,(H,20,22). The third kappa shape index (κ3) is 3.22. The van der Waals surface area contributed by atoms with E-state index in [9.17, 15) is 9.59 Å². The molecule has 0 saturated heterocycles. The zero-order chi connectivity index (χ0) is 18.1. The summed E-state index contributed by atoms with van der Waals surface area (Å²) in [5.41, 5.74) is 1.71. The van der Waals surface area contributed by atoms with Crippen LogP contribution in [0.3, 0.4) is 0 Å². The highest BCUT2D eigenvalue weighted by atomic mass is 32.2. The molecular formula is C19H18N2O4S. The molecule has 0 aromatic heterocycles. The van der Waals surface area contributed by atoms with E-state index in [0.717, 1.165) is 16.1 Å². The Labute approximate surface area is 155 Å². The summed E-state index contributed by atoms with van der Waals surface area (Å²) in [5, 5.41) is 2.95. The molecule has 2 aliphatic rings. The Hall–Kier alpha value is -2.67. The van der Waals surface area contributed by atoms with Crippen LogP contribution < -0.4 is 19.7 Å². The normalized spacial score (nSPS) is 16.2. The summed E-state index contributed by atoms with van der Waals surface area (Å²) < 4.78 is 10.7. The van der Waals surface area contributed by atoms with Crippen molar-refractivity contribution in [3.05, 3.63) is 48.0 Å². The van der Waals surface area contributed by atoms with Crippen LogP contribution in [0.4, 0.5) is 5.69 Å². The molecule has 0 spiro atoms. The second-order valence-corrected chi connectivity index (χ2v) is 7.16. The van der Waals surface area contributed by atoms with E-state index in [2.05, 4.69) is 5.32 Å². The second kappa shape index (κ2) is 6.92. The predicted octanol–water partition coefficient (Wildman–Crippen LogP) is 2.73. The van der Waals surface area contributed by atoms with Crippen molar-refractivity contribution in [1.82, 2.24) is 5.32 Å². The van der Waals surface area contributed by atoms with Gasteiger partial charge in [-0.2, -0.15) is 0 Å². The smallest absolute Gasteiger partial charge is 0.240 e. The number of para-hydroxylation sites is 1. The maximum atomic E-state index is 12.5. The van der Waals surface area contributed by atoms with Gasteiger partial charge in [0.1, 0.15) is 6.54 Å². The highest BCUT2D eigenvalue weighted by molar-refractivity contribution is 8.00. The molecule has 1 N–H and O–H groups in total. The van der Waals surface area contributed by atoms with Crippen molar-refractivity contribution in [1.29, 1.82) is 0 Å². The van der Waals surface area contributed by atoms with Crippen molar-refractivity contribution in [3.8, 4) is 11.5 Å². The molecule has 2 aromatic rings. The molecule has 1 unspecified atom stereocenters. The molecule has 2 amide bonds. The monoisotopic (exact) mass is 370 g/mol. The van der Waals surface area contributed by atoms with Crippen molar-refractivity contribution < 1.29 is 19.1 Å². The number of nitrogens with one attached hydrogen (secondary N) is 1. The van der Waals surface area contributed by atoms with Gasteiger partial charge in [0.15, 0.2) is 11.5 Å². The average molecular weight is 370 g/mol. The first-order valence-corrected chi connectivity index (χ1v) is 9.31. The van der Waals surface area contributed by atoms with Gasteiger partial charge in [-0.25, -0.2) is 0 Å². The fraction of sp³-hybridized carbons (Fsp3) is 0.263. The number of fused-ring (bicyclic) bond motifs is 2. The number of benzene rings is 2. The largest absolute Gasteiger partial charge is 0.454 e. The van der Waals surface area contributed by atoms with E-state index in [1.165, 1.54) is 11.8 Å². The zero-order valence-electron chi connectivity index (χ0n) is 14.2. The van der Waals surface area contributed by atoms with Gasteiger partial charge in [-0.15, -0.1) is 11.8 Å². The van der Waals surface area contributed by atoms with E-state index in [-0.39, 0.29) is 31.2 Å². The van der Waals surface area contributed by atoms with E-state index in [0.29, 0.717) is 17.3 Å². The number of anilines is 1. The average Bonchev–Trinajstić information content (AvgIpc) is 3.12. The van der Waals surface area contributed by atoms with E-state index >= 15 is 0 Å². The van der Waals surface area contributed by atoms with E-state index in [1.807, 2.05) is 49.4 Å². The number of carbonyl (C=O) groups excluding carboxylic acids is 2. The molecule has 1 atom stereocenters. The van der Waals surface area contributed by atoms with Crippen LogP contribution in [0.15, 0.2) is 47.4 Å². The topological polar surface area (TPSA) is 67.9 Å². The Balaban J connectivity index is 1.45. The molecule has 26 heavy (non-hydrogen) atoms. The van der Waals surface area contributed by atoms with E-state index in [4.69, 9.17) is 9.47 Å². The first-order chi connectivity index (χ1) is 12.6. The van der Waals surface area contributed by atoms with Crippen LogP contribution in [-0.2, 0) is 9.59 Å². The molecule has 0 fully saturated rings. The Morgan fingerprint density at radius 3 is 2.92 bits per heavy atom. The Bertz CT molecular complexity index is 870. The van der Waals surface area contributed by atoms with E-state index in [1.54, 1.807) is 4.90 Å². The number of ether oxygens (including phenoxy) is 2. The van der Waals surface area contributed by atoms with Crippen LogP contribution >= 0.6 is 11.8 Å². The van der Waals surface area contributed by atoms with Gasteiger partial charge in [0.2, 0.25) is 18.6 Å². The molecule has 7 heteroatoms. The molecule has 2 aromatic carbocycles. The van der Waals surface area contributed by atoms with Gasteiger partial charge in [0.25, 0.3) is 0 Å². The minimum atomic E-state index is -0.207. The first-order valence-electron chi connectivity index (χ1n) is 8.33. The van der Waals surface area contributed by atoms with Crippen molar-refractivity contribution in [3.63, 3.8) is 0 Å². The van der Waals surface area contributed by atoms with Crippen LogP contribution in [0.1, 0.15) is 18.5 Å². The van der Waals surface area contributed by atoms with Crippen LogP contribution in [-0.4, -0.2) is 30.9 Å². The molecule has 4 rings (SSSR count). The summed E-state index contributed by atoms with van der Waals surface area (Å²) in [6, 6.07) is 13.0. The first kappa shape index (κ1) is 16.8.